The highest BCUT2D eigenvalue weighted by Gasteiger charge is 2.50. The summed E-state index contributed by atoms with van der Waals surface area (Å²) in [5.41, 5.74) is 4.25. The molecule has 2 bridgehead atoms. The Morgan fingerprint density at radius 2 is 1.69 bits per heavy atom. The van der Waals surface area contributed by atoms with Crippen LogP contribution in [-0.4, -0.2) is 42.5 Å². The fourth-order valence-corrected chi connectivity index (χ4v) is 6.15. The summed E-state index contributed by atoms with van der Waals surface area (Å²) in [7, 11) is 0. The van der Waals surface area contributed by atoms with Crippen molar-refractivity contribution in [3.05, 3.63) is 60.3 Å². The second-order valence-electron chi connectivity index (χ2n) is 9.26. The molecule has 4 rings (SSSR count). The van der Waals surface area contributed by atoms with E-state index < -0.39 is 0 Å². The zero-order chi connectivity index (χ0) is 20.2. The first kappa shape index (κ1) is 20.2. The van der Waals surface area contributed by atoms with Gasteiger partial charge in [0.05, 0.1) is 6.07 Å². The van der Waals surface area contributed by atoms with Gasteiger partial charge in [-0.2, -0.15) is 5.26 Å². The van der Waals surface area contributed by atoms with Gasteiger partial charge < -0.3 is 4.90 Å². The van der Waals surface area contributed by atoms with Crippen LogP contribution in [0.5, 0.6) is 0 Å². The van der Waals surface area contributed by atoms with Gasteiger partial charge in [-0.3, -0.25) is 4.90 Å². The largest absolute Gasteiger partial charge is 0.372 e. The Morgan fingerprint density at radius 3 is 2.38 bits per heavy atom. The summed E-state index contributed by atoms with van der Waals surface area (Å²) in [4.78, 5) is 4.97. The molecular formula is C26H35N3. The van der Waals surface area contributed by atoms with E-state index in [9.17, 15) is 0 Å². The molecule has 0 aromatic heterocycles. The molecule has 0 radical (unpaired) electrons. The fraction of sp³-hybridized carbons (Fsp3) is 0.577. The molecule has 3 fully saturated rings. The van der Waals surface area contributed by atoms with E-state index in [1.807, 2.05) is 0 Å². The van der Waals surface area contributed by atoms with Crippen molar-refractivity contribution >= 4 is 0 Å². The van der Waals surface area contributed by atoms with Gasteiger partial charge in [0.1, 0.15) is 0 Å². The lowest BCUT2D eigenvalue weighted by molar-refractivity contribution is 0.134. The third-order valence-electron chi connectivity index (χ3n) is 7.67. The number of aryl methyl sites for hydroxylation is 1. The maximum Gasteiger partial charge on any atom is 0.0635 e. The first-order valence-corrected chi connectivity index (χ1v) is 11.4. The summed E-state index contributed by atoms with van der Waals surface area (Å²) < 4.78 is 0. The summed E-state index contributed by atoms with van der Waals surface area (Å²) in [6.45, 7) is 14.4. The number of allylic oxidation sites excluding steroid dienone is 2. The van der Waals surface area contributed by atoms with Crippen LogP contribution in [0.15, 0.2) is 54.8 Å². The number of piperazine rings is 1. The molecule has 3 heteroatoms. The third-order valence-corrected chi connectivity index (χ3v) is 7.67. The van der Waals surface area contributed by atoms with Crippen LogP contribution in [0.4, 0.5) is 0 Å². The molecule has 0 amide bonds. The highest BCUT2D eigenvalue weighted by Crippen LogP contribution is 2.57. The van der Waals surface area contributed by atoms with E-state index in [4.69, 9.17) is 5.26 Å². The van der Waals surface area contributed by atoms with Crippen molar-refractivity contribution in [2.45, 2.75) is 38.5 Å². The van der Waals surface area contributed by atoms with Crippen LogP contribution in [0.3, 0.4) is 0 Å². The van der Waals surface area contributed by atoms with Crippen molar-refractivity contribution in [2.24, 2.45) is 23.7 Å². The molecule has 1 aliphatic heterocycles. The normalized spacial score (nSPS) is 29.0. The molecule has 0 spiro atoms. The fourth-order valence-electron chi connectivity index (χ4n) is 6.15. The van der Waals surface area contributed by atoms with Gasteiger partial charge in [0.25, 0.3) is 0 Å². The molecule has 2 unspecified atom stereocenters. The Bertz CT molecular complexity index is 754. The summed E-state index contributed by atoms with van der Waals surface area (Å²) in [5, 5.41) is 8.83. The van der Waals surface area contributed by atoms with Crippen molar-refractivity contribution in [1.29, 1.82) is 5.26 Å². The van der Waals surface area contributed by atoms with E-state index in [1.54, 1.807) is 0 Å². The maximum absolute atomic E-state index is 8.83. The average Bonchev–Trinajstić information content (AvgIpc) is 3.38. The van der Waals surface area contributed by atoms with Gasteiger partial charge in [0.15, 0.2) is 0 Å². The van der Waals surface area contributed by atoms with Gasteiger partial charge in [-0.25, -0.2) is 0 Å². The van der Waals surface area contributed by atoms with Gasteiger partial charge in [-0.15, -0.1) is 0 Å². The second-order valence-corrected chi connectivity index (χ2v) is 9.26. The van der Waals surface area contributed by atoms with Crippen LogP contribution in [0.25, 0.3) is 0 Å². The minimum Gasteiger partial charge on any atom is -0.372 e. The number of hydrogen-bond acceptors (Lipinski definition) is 3. The zero-order valence-electron chi connectivity index (χ0n) is 17.7. The predicted octanol–water partition coefficient (Wildman–Crippen LogP) is 4.88. The van der Waals surface area contributed by atoms with Gasteiger partial charge in [0, 0.05) is 50.8 Å². The van der Waals surface area contributed by atoms with Crippen molar-refractivity contribution in [1.82, 2.24) is 9.80 Å². The topological polar surface area (TPSA) is 30.3 Å². The quantitative estimate of drug-likeness (QED) is 0.594. The zero-order valence-corrected chi connectivity index (χ0v) is 17.7. The van der Waals surface area contributed by atoms with Gasteiger partial charge in [0.2, 0.25) is 0 Å². The third kappa shape index (κ3) is 4.43. The number of rotatable bonds is 8. The first-order chi connectivity index (χ1) is 14.2. The van der Waals surface area contributed by atoms with Crippen molar-refractivity contribution < 1.29 is 0 Å². The van der Waals surface area contributed by atoms with E-state index in [0.717, 1.165) is 57.4 Å². The van der Waals surface area contributed by atoms with Crippen LogP contribution in [-0.2, 0) is 6.42 Å². The molecule has 2 saturated carbocycles. The van der Waals surface area contributed by atoms with E-state index in [2.05, 4.69) is 59.4 Å². The average molecular weight is 390 g/mol. The lowest BCUT2D eigenvalue weighted by atomic mass is 9.72. The van der Waals surface area contributed by atoms with Crippen LogP contribution in [0.1, 0.15) is 37.7 Å². The summed E-state index contributed by atoms with van der Waals surface area (Å²) in [5.74, 6) is 2.86. The monoisotopic (exact) mass is 389 g/mol. The summed E-state index contributed by atoms with van der Waals surface area (Å²) in [6.07, 6.45) is 6.97. The molecule has 2 aliphatic carbocycles. The Kier molecular flexibility index (Phi) is 6.40. The minimum absolute atomic E-state index is 0.600. The van der Waals surface area contributed by atoms with Gasteiger partial charge >= 0.3 is 0 Å². The van der Waals surface area contributed by atoms with E-state index in [-0.39, 0.29) is 0 Å². The summed E-state index contributed by atoms with van der Waals surface area (Å²) >= 11 is 0. The van der Waals surface area contributed by atoms with Crippen LogP contribution < -0.4 is 0 Å². The Hall–Kier alpha value is -2.05. The van der Waals surface area contributed by atoms with Gasteiger partial charge in [-0.1, -0.05) is 49.1 Å². The Labute approximate surface area is 176 Å². The molecule has 29 heavy (non-hydrogen) atoms. The molecule has 154 valence electrons. The van der Waals surface area contributed by atoms with E-state index in [1.165, 1.54) is 36.1 Å². The molecule has 1 aromatic carbocycles. The predicted molar refractivity (Wildman–Crippen MR) is 119 cm³/mol. The summed E-state index contributed by atoms with van der Waals surface area (Å²) in [6, 6.07) is 13.1. The number of benzene rings is 1. The molecule has 1 aromatic rings. The standard InChI is InChI=1S/C26H35N3/c1-20(9-10-22-7-4-3-5-8-22)25-23-11-12-24(19-23)26(25)21(2)29-17-15-28(16-18-29)14-6-13-27/h3-5,7-8,23-26H,1-2,6,9-12,14-19H2/t23-,24+,25?,26?/m0/s1. The number of hydrogen-bond donors (Lipinski definition) is 0. The second kappa shape index (κ2) is 9.18. The molecule has 1 saturated heterocycles. The number of nitriles is 1. The maximum atomic E-state index is 8.83. The Balaban J connectivity index is 1.37. The lowest BCUT2D eigenvalue weighted by Gasteiger charge is -2.42. The van der Waals surface area contributed by atoms with Crippen molar-refractivity contribution in [3.8, 4) is 6.07 Å². The van der Waals surface area contributed by atoms with E-state index in [0.29, 0.717) is 18.3 Å². The molecule has 0 N–H and O–H groups in total. The molecule has 1 heterocycles. The lowest BCUT2D eigenvalue weighted by Crippen LogP contribution is -2.47. The minimum atomic E-state index is 0.600. The van der Waals surface area contributed by atoms with Crippen LogP contribution >= 0.6 is 0 Å². The number of fused-ring (bicyclic) bond motifs is 2. The van der Waals surface area contributed by atoms with E-state index >= 15 is 0 Å². The van der Waals surface area contributed by atoms with Crippen LogP contribution in [0.2, 0.25) is 0 Å². The Morgan fingerprint density at radius 1 is 1.00 bits per heavy atom. The van der Waals surface area contributed by atoms with Gasteiger partial charge in [-0.05, 0) is 55.4 Å². The first-order valence-electron chi connectivity index (χ1n) is 11.4. The number of nitrogens with zero attached hydrogens (tertiary/aromatic N) is 3. The van der Waals surface area contributed by atoms with Crippen molar-refractivity contribution in [2.75, 3.05) is 32.7 Å². The van der Waals surface area contributed by atoms with Crippen LogP contribution in [0, 0.1) is 35.0 Å². The molecule has 3 aliphatic rings. The molecular weight excluding hydrogens is 354 g/mol. The smallest absolute Gasteiger partial charge is 0.0635 e. The molecule has 3 nitrogen and oxygen atoms in total. The SMILES string of the molecule is C=C(CCc1ccccc1)C1C(C(=C)N2CCN(CCC#N)CC2)[C@@H]2CC[C@H]1C2. The molecule has 4 atom stereocenters. The highest BCUT2D eigenvalue weighted by molar-refractivity contribution is 5.23. The highest BCUT2D eigenvalue weighted by atomic mass is 15.3. The van der Waals surface area contributed by atoms with Crippen molar-refractivity contribution in [3.63, 3.8) is 0 Å².